The zero-order valence-corrected chi connectivity index (χ0v) is 26.5. The average molecular weight is 623 g/mol. The van der Waals surface area contributed by atoms with Crippen molar-refractivity contribution in [3.05, 3.63) is 16.7 Å². The number of carbonyl (C=O) groups excluding carboxylic acids is 2. The Hall–Kier alpha value is -3.06. The molecule has 2 aromatic rings. The van der Waals surface area contributed by atoms with E-state index in [4.69, 9.17) is 25.7 Å². The smallest absolute Gasteiger partial charge is 0.347 e. The van der Waals surface area contributed by atoms with Gasteiger partial charge in [0.2, 0.25) is 5.95 Å². The van der Waals surface area contributed by atoms with Crippen molar-refractivity contribution in [1.29, 1.82) is 0 Å². The molecule has 2 aromatic heterocycles. The number of imidazole rings is 1. The summed E-state index contributed by atoms with van der Waals surface area (Å²) in [7, 11) is 0. The molecular weight excluding hydrogens is 571 g/mol. The first-order valence-electron chi connectivity index (χ1n) is 16.3. The number of unbranched alkanes of at least 4 members (excludes halogenated alkanes) is 11. The van der Waals surface area contributed by atoms with Gasteiger partial charge in [0.15, 0.2) is 17.3 Å². The number of H-pyrrole nitrogens is 1. The van der Waals surface area contributed by atoms with Crippen LogP contribution >= 0.6 is 0 Å². The van der Waals surface area contributed by atoms with Crippen molar-refractivity contribution in [2.45, 2.75) is 141 Å². The molecule has 5 N–H and O–H groups in total. The van der Waals surface area contributed by atoms with Crippen LogP contribution in [0.1, 0.15) is 117 Å². The van der Waals surface area contributed by atoms with Gasteiger partial charge in [-0.25, -0.2) is 14.2 Å². The van der Waals surface area contributed by atoms with E-state index in [0.717, 1.165) is 19.3 Å². The van der Waals surface area contributed by atoms with Gasteiger partial charge in [0.1, 0.15) is 31.2 Å². The van der Waals surface area contributed by atoms with Crippen LogP contribution in [0.5, 0.6) is 0 Å². The van der Waals surface area contributed by atoms with E-state index in [1.165, 1.54) is 62.3 Å². The van der Waals surface area contributed by atoms with Crippen molar-refractivity contribution in [3.63, 3.8) is 0 Å². The molecular formula is C31H51FN6O6. The lowest BCUT2D eigenvalue weighted by molar-refractivity contribution is -0.172. The summed E-state index contributed by atoms with van der Waals surface area (Å²) in [5.74, 6) is -1.70. The molecule has 13 heteroatoms. The van der Waals surface area contributed by atoms with Gasteiger partial charge in [-0.1, -0.05) is 91.4 Å². The first-order valence-corrected chi connectivity index (χ1v) is 16.3. The molecule has 1 aliphatic rings. The first-order chi connectivity index (χ1) is 21.1. The molecule has 0 aliphatic carbocycles. The summed E-state index contributed by atoms with van der Waals surface area (Å²) in [6, 6.07) is -0.874. The number of rotatable bonds is 20. The highest BCUT2D eigenvalue weighted by molar-refractivity contribution is 5.82. The number of alkyl halides is 1. The molecule has 0 aromatic carbocycles. The highest BCUT2D eigenvalue weighted by atomic mass is 19.1. The van der Waals surface area contributed by atoms with Crippen molar-refractivity contribution in [2.24, 2.45) is 11.7 Å². The molecule has 44 heavy (non-hydrogen) atoms. The van der Waals surface area contributed by atoms with Gasteiger partial charge in [0.25, 0.3) is 5.56 Å². The number of ether oxygens (including phenoxy) is 3. The number of halogens is 1. The number of aromatic amines is 1. The quantitative estimate of drug-likeness (QED) is 0.136. The van der Waals surface area contributed by atoms with Gasteiger partial charge in [-0.05, 0) is 18.8 Å². The second-order valence-corrected chi connectivity index (χ2v) is 12.2. The molecule has 3 rings (SSSR count). The maximum Gasteiger partial charge on any atom is 0.347 e. The molecule has 0 radical (unpaired) electrons. The highest BCUT2D eigenvalue weighted by Crippen LogP contribution is 2.32. The lowest BCUT2D eigenvalue weighted by Gasteiger charge is -2.22. The van der Waals surface area contributed by atoms with Crippen LogP contribution in [-0.2, 0) is 23.8 Å². The van der Waals surface area contributed by atoms with Gasteiger partial charge < -0.3 is 25.7 Å². The molecule has 0 bridgehead atoms. The summed E-state index contributed by atoms with van der Waals surface area (Å²) in [6.45, 7) is 5.44. The Balaban J connectivity index is 1.47. The number of hydrogen-bond acceptors (Lipinski definition) is 10. The molecule has 12 nitrogen and oxygen atoms in total. The molecule has 2 unspecified atom stereocenters. The van der Waals surface area contributed by atoms with Crippen LogP contribution < -0.4 is 17.0 Å². The largest absolute Gasteiger partial charge is 0.460 e. The number of nitrogens with two attached hydrogens (primary N) is 2. The van der Waals surface area contributed by atoms with Crippen molar-refractivity contribution in [3.8, 4) is 0 Å². The number of nitrogen functional groups attached to an aromatic ring is 1. The monoisotopic (exact) mass is 622 g/mol. The fourth-order valence-corrected chi connectivity index (χ4v) is 5.31. The van der Waals surface area contributed by atoms with Gasteiger partial charge in [-0.15, -0.1) is 0 Å². The van der Waals surface area contributed by atoms with E-state index in [2.05, 4.69) is 21.9 Å². The Morgan fingerprint density at radius 3 is 2.30 bits per heavy atom. The minimum Gasteiger partial charge on any atom is -0.460 e. The predicted molar refractivity (Wildman–Crippen MR) is 165 cm³/mol. The maximum atomic E-state index is 14.9. The van der Waals surface area contributed by atoms with E-state index in [0.29, 0.717) is 12.8 Å². The zero-order chi connectivity index (χ0) is 32.1. The summed E-state index contributed by atoms with van der Waals surface area (Å²) in [4.78, 5) is 48.2. The number of carbonyl (C=O) groups is 2. The minimum atomic E-state index is -1.46. The molecule has 0 saturated carbocycles. The number of nitrogens with one attached hydrogen (secondary N) is 1. The van der Waals surface area contributed by atoms with Crippen LogP contribution in [0, 0.1) is 5.92 Å². The first kappa shape index (κ1) is 35.4. The van der Waals surface area contributed by atoms with Crippen LogP contribution in [0.25, 0.3) is 11.2 Å². The Labute approximate surface area is 258 Å². The Morgan fingerprint density at radius 1 is 1.07 bits per heavy atom. The SMILES string of the molecule is CCCCCCCCCCCCCCC(OC(=O)[C@@H](N)C(C)C)C(=O)OC[C@H]1O[C@@H](n2cnc3c(=O)[nH]c(N)nc32)CC1F. The molecule has 5 atom stereocenters. The Morgan fingerprint density at radius 2 is 1.68 bits per heavy atom. The topological polar surface area (TPSA) is 177 Å². The van der Waals surface area contributed by atoms with E-state index >= 15 is 0 Å². The third-order valence-corrected chi connectivity index (χ3v) is 8.14. The molecule has 248 valence electrons. The third kappa shape index (κ3) is 10.5. The van der Waals surface area contributed by atoms with E-state index in [1.807, 2.05) is 0 Å². The lowest BCUT2D eigenvalue weighted by Crippen LogP contribution is -2.41. The number of hydrogen-bond donors (Lipinski definition) is 3. The van der Waals surface area contributed by atoms with E-state index in [-0.39, 0.29) is 36.1 Å². The summed E-state index contributed by atoms with van der Waals surface area (Å²) < 4.78 is 33.1. The lowest BCUT2D eigenvalue weighted by atomic mass is 10.0. The second kappa shape index (κ2) is 18.0. The minimum absolute atomic E-state index is 0.0511. The fourth-order valence-electron chi connectivity index (χ4n) is 5.31. The number of anilines is 1. The van der Waals surface area contributed by atoms with Crippen molar-refractivity contribution in [2.75, 3.05) is 12.3 Å². The molecule has 3 heterocycles. The number of nitrogens with zero attached hydrogens (tertiary/aromatic N) is 3. The van der Waals surface area contributed by atoms with Gasteiger partial charge in [0, 0.05) is 6.42 Å². The second-order valence-electron chi connectivity index (χ2n) is 12.2. The maximum absolute atomic E-state index is 14.9. The van der Waals surface area contributed by atoms with Gasteiger partial charge in [-0.2, -0.15) is 4.98 Å². The van der Waals surface area contributed by atoms with E-state index < -0.39 is 48.1 Å². The fraction of sp³-hybridized carbons (Fsp3) is 0.774. The molecule has 0 spiro atoms. The molecule has 1 aliphatic heterocycles. The summed E-state index contributed by atoms with van der Waals surface area (Å²) in [5.41, 5.74) is 11.3. The summed E-state index contributed by atoms with van der Waals surface area (Å²) in [5, 5.41) is 0. The van der Waals surface area contributed by atoms with Crippen LogP contribution in [0.2, 0.25) is 0 Å². The van der Waals surface area contributed by atoms with Gasteiger partial charge in [0.05, 0.1) is 6.33 Å². The van der Waals surface area contributed by atoms with Crippen LogP contribution in [0.15, 0.2) is 11.1 Å². The molecule has 0 amide bonds. The normalized spacial score (nSPS) is 19.8. The van der Waals surface area contributed by atoms with Crippen LogP contribution in [0.4, 0.5) is 10.3 Å². The number of fused-ring (bicyclic) bond motifs is 1. The van der Waals surface area contributed by atoms with E-state index in [9.17, 15) is 18.8 Å². The zero-order valence-electron chi connectivity index (χ0n) is 26.5. The van der Waals surface area contributed by atoms with E-state index in [1.54, 1.807) is 13.8 Å². The summed E-state index contributed by atoms with van der Waals surface area (Å²) >= 11 is 0. The van der Waals surface area contributed by atoms with Gasteiger partial charge in [-0.3, -0.25) is 19.1 Å². The third-order valence-electron chi connectivity index (χ3n) is 8.14. The van der Waals surface area contributed by atoms with Crippen molar-refractivity contribution < 1.29 is 28.2 Å². The molecule has 1 saturated heterocycles. The molecule has 1 fully saturated rings. The number of aromatic nitrogens is 4. The van der Waals surface area contributed by atoms with Crippen LogP contribution in [0.3, 0.4) is 0 Å². The Bertz CT molecular complexity index is 1240. The highest BCUT2D eigenvalue weighted by Gasteiger charge is 2.39. The van der Waals surface area contributed by atoms with Gasteiger partial charge >= 0.3 is 11.9 Å². The Kier molecular flexibility index (Phi) is 14.5. The van der Waals surface area contributed by atoms with Crippen LogP contribution in [-0.4, -0.2) is 62.5 Å². The predicted octanol–water partition coefficient (Wildman–Crippen LogP) is 4.86. The number of esters is 2. The van der Waals surface area contributed by atoms with Crippen molar-refractivity contribution >= 4 is 29.1 Å². The average Bonchev–Trinajstić information content (AvgIpc) is 3.58. The van der Waals surface area contributed by atoms with Crippen molar-refractivity contribution in [1.82, 2.24) is 19.5 Å². The summed E-state index contributed by atoms with van der Waals surface area (Å²) in [6.07, 6.45) is 11.1. The standard InChI is InChI=1S/C31H51FN6O6/c1-4-5-6-7-8-9-10-11-12-13-14-15-16-22(44-30(41)25(33)20(2)3)29(40)42-18-23-21(32)17-24(43-23)38-19-35-26-27(38)36-31(34)37-28(26)39/h19-25H,4-18,33H2,1-3H3,(H3,34,36,37,39)/t21?,22?,23-,24-,25+/m1/s1.